The number of phenolic OH excluding ortho intramolecular Hbond substituents is 1. The van der Waals surface area contributed by atoms with E-state index in [1.807, 2.05) is 19.9 Å². The topological polar surface area (TPSA) is 104 Å². The van der Waals surface area contributed by atoms with Crippen molar-refractivity contribution in [3.63, 3.8) is 0 Å². The summed E-state index contributed by atoms with van der Waals surface area (Å²) < 4.78 is 6.03. The van der Waals surface area contributed by atoms with Crippen LogP contribution in [0.3, 0.4) is 0 Å². The molecular formula is C33H32N2O6. The minimum Gasteiger partial charge on any atom is -0.508 e. The summed E-state index contributed by atoms with van der Waals surface area (Å²) in [5, 5.41) is 10.2. The molecule has 7 rings (SSSR count). The molecule has 5 aliphatic rings. The Morgan fingerprint density at radius 2 is 1.78 bits per heavy atom. The van der Waals surface area contributed by atoms with E-state index >= 15 is 0 Å². The number of amides is 4. The Labute approximate surface area is 238 Å². The molecule has 3 fully saturated rings. The number of carbonyl (C=O) groups excluding carboxylic acids is 4. The third-order valence-corrected chi connectivity index (χ3v) is 9.97. The summed E-state index contributed by atoms with van der Waals surface area (Å²) in [5.74, 6) is -2.60. The number of ether oxygens (including phenoxy) is 1. The van der Waals surface area contributed by atoms with Crippen LogP contribution in [0.15, 0.2) is 72.0 Å². The monoisotopic (exact) mass is 552 g/mol. The largest absolute Gasteiger partial charge is 0.508 e. The van der Waals surface area contributed by atoms with Crippen LogP contribution < -0.4 is 9.64 Å². The zero-order valence-electron chi connectivity index (χ0n) is 23.1. The Morgan fingerprint density at radius 1 is 1.00 bits per heavy atom. The van der Waals surface area contributed by atoms with Crippen molar-refractivity contribution in [2.45, 2.75) is 39.5 Å². The van der Waals surface area contributed by atoms with Crippen molar-refractivity contribution >= 4 is 29.3 Å². The first-order valence-corrected chi connectivity index (χ1v) is 14.4. The highest BCUT2D eigenvalue weighted by Gasteiger charge is 2.68. The zero-order valence-corrected chi connectivity index (χ0v) is 23.1. The van der Waals surface area contributed by atoms with Gasteiger partial charge in [0, 0.05) is 24.4 Å². The summed E-state index contributed by atoms with van der Waals surface area (Å²) >= 11 is 0. The van der Waals surface area contributed by atoms with Gasteiger partial charge < -0.3 is 9.84 Å². The van der Waals surface area contributed by atoms with Gasteiger partial charge in [-0.1, -0.05) is 36.8 Å². The Kier molecular flexibility index (Phi) is 5.75. The Hall–Kier alpha value is -4.20. The van der Waals surface area contributed by atoms with Crippen molar-refractivity contribution in [2.75, 3.05) is 11.4 Å². The number of anilines is 1. The molecule has 0 bridgehead atoms. The summed E-state index contributed by atoms with van der Waals surface area (Å²) in [6, 6.07) is 13.9. The van der Waals surface area contributed by atoms with Crippen molar-refractivity contribution < 1.29 is 29.0 Å². The average Bonchev–Trinajstić information content (AvgIpc) is 3.33. The molecule has 0 radical (unpaired) electrons. The number of nitrogens with zero attached hydrogens (tertiary/aromatic N) is 2. The molecule has 6 unspecified atom stereocenters. The van der Waals surface area contributed by atoms with Gasteiger partial charge in [-0.2, -0.15) is 0 Å². The second-order valence-electron chi connectivity index (χ2n) is 12.1. The summed E-state index contributed by atoms with van der Waals surface area (Å²) in [4.78, 5) is 58.3. The van der Waals surface area contributed by atoms with Crippen molar-refractivity contribution in [3.8, 4) is 11.5 Å². The van der Waals surface area contributed by atoms with Crippen LogP contribution in [0.5, 0.6) is 11.5 Å². The Morgan fingerprint density at radius 3 is 2.54 bits per heavy atom. The van der Waals surface area contributed by atoms with Crippen LogP contribution in [0.1, 0.15) is 38.7 Å². The number of aromatic hydroxyl groups is 1. The number of fused-ring (bicyclic) bond motifs is 5. The highest BCUT2D eigenvalue weighted by molar-refractivity contribution is 6.24. The number of hydrogen-bond donors (Lipinski definition) is 1. The number of carbonyl (C=O) groups is 4. The number of phenols is 1. The fourth-order valence-electron chi connectivity index (χ4n) is 8.18. The van der Waals surface area contributed by atoms with Crippen LogP contribution in [-0.4, -0.2) is 40.2 Å². The highest BCUT2D eigenvalue weighted by atomic mass is 16.5. The lowest BCUT2D eigenvalue weighted by molar-refractivity contribution is -0.140. The molecule has 210 valence electrons. The maximum Gasteiger partial charge on any atom is 0.241 e. The molecule has 3 aliphatic heterocycles. The van der Waals surface area contributed by atoms with Gasteiger partial charge >= 0.3 is 0 Å². The molecule has 1 saturated carbocycles. The maximum atomic E-state index is 14.4. The van der Waals surface area contributed by atoms with E-state index in [1.54, 1.807) is 48.7 Å². The van der Waals surface area contributed by atoms with Gasteiger partial charge in [0.25, 0.3) is 0 Å². The molecule has 6 atom stereocenters. The normalized spacial score (nSPS) is 32.1. The van der Waals surface area contributed by atoms with Gasteiger partial charge in [-0.25, -0.2) is 4.90 Å². The molecule has 0 aromatic heterocycles. The van der Waals surface area contributed by atoms with E-state index in [9.17, 15) is 24.3 Å². The van der Waals surface area contributed by atoms with E-state index in [1.165, 1.54) is 9.80 Å². The van der Waals surface area contributed by atoms with Crippen LogP contribution in [-0.2, 0) is 25.6 Å². The number of rotatable bonds is 4. The second kappa shape index (κ2) is 9.16. The number of benzene rings is 2. The lowest BCUT2D eigenvalue weighted by Gasteiger charge is -2.49. The first kappa shape index (κ1) is 25.7. The summed E-state index contributed by atoms with van der Waals surface area (Å²) in [7, 11) is 0. The Balaban J connectivity index is 1.37. The van der Waals surface area contributed by atoms with Crippen molar-refractivity contribution in [1.29, 1.82) is 0 Å². The highest BCUT2D eigenvalue weighted by Crippen LogP contribution is 2.62. The van der Waals surface area contributed by atoms with Gasteiger partial charge in [-0.3, -0.25) is 24.1 Å². The van der Waals surface area contributed by atoms with Gasteiger partial charge in [0.05, 0.1) is 35.1 Å². The number of likely N-dealkylation sites (tertiary alicyclic amines) is 1. The molecule has 0 spiro atoms. The van der Waals surface area contributed by atoms with E-state index in [-0.39, 0.29) is 35.3 Å². The predicted molar refractivity (Wildman–Crippen MR) is 149 cm³/mol. The second-order valence-corrected chi connectivity index (χ2v) is 12.1. The van der Waals surface area contributed by atoms with Gasteiger partial charge in [0.15, 0.2) is 0 Å². The van der Waals surface area contributed by atoms with Crippen molar-refractivity contribution in [1.82, 2.24) is 4.90 Å². The molecule has 2 aliphatic carbocycles. The molecule has 4 amide bonds. The van der Waals surface area contributed by atoms with Gasteiger partial charge in [-0.05, 0) is 68.0 Å². The van der Waals surface area contributed by atoms with Crippen LogP contribution in [0.2, 0.25) is 0 Å². The molecule has 3 heterocycles. The summed E-state index contributed by atoms with van der Waals surface area (Å²) in [6.07, 6.45) is 5.60. The molecular weight excluding hydrogens is 520 g/mol. The zero-order chi connectivity index (χ0) is 28.6. The quantitative estimate of drug-likeness (QED) is 0.446. The number of hydrogen-bond acceptors (Lipinski definition) is 6. The minimum absolute atomic E-state index is 0.118. The average molecular weight is 553 g/mol. The van der Waals surface area contributed by atoms with E-state index < -0.39 is 29.1 Å². The van der Waals surface area contributed by atoms with Crippen molar-refractivity contribution in [3.05, 3.63) is 77.6 Å². The van der Waals surface area contributed by atoms with Crippen molar-refractivity contribution in [2.24, 2.45) is 35.0 Å². The predicted octanol–water partition coefficient (Wildman–Crippen LogP) is 4.38. The van der Waals surface area contributed by atoms with E-state index in [4.69, 9.17) is 4.74 Å². The van der Waals surface area contributed by atoms with Crippen LogP contribution in [0.25, 0.3) is 0 Å². The summed E-state index contributed by atoms with van der Waals surface area (Å²) in [5.41, 5.74) is 1.97. The number of para-hydroxylation sites is 1. The first-order chi connectivity index (χ1) is 19.8. The molecule has 1 N–H and O–H groups in total. The third-order valence-electron chi connectivity index (χ3n) is 9.97. The summed E-state index contributed by atoms with van der Waals surface area (Å²) in [6.45, 7) is 4.20. The van der Waals surface area contributed by atoms with Crippen LogP contribution in [0, 0.1) is 35.0 Å². The Bertz CT molecular complexity index is 1560. The van der Waals surface area contributed by atoms with Gasteiger partial charge in [0.1, 0.15) is 11.5 Å². The minimum atomic E-state index is -1.11. The molecule has 2 saturated heterocycles. The lowest BCUT2D eigenvalue weighted by Crippen LogP contribution is -2.51. The lowest BCUT2D eigenvalue weighted by atomic mass is 9.51. The van der Waals surface area contributed by atoms with Gasteiger partial charge in [-0.15, -0.1) is 0 Å². The molecule has 8 heteroatoms. The van der Waals surface area contributed by atoms with Gasteiger partial charge in [0.2, 0.25) is 23.6 Å². The smallest absolute Gasteiger partial charge is 0.241 e. The van der Waals surface area contributed by atoms with E-state index in [2.05, 4.69) is 6.08 Å². The van der Waals surface area contributed by atoms with E-state index in [0.717, 1.165) is 16.7 Å². The molecule has 2 aromatic carbocycles. The first-order valence-electron chi connectivity index (χ1n) is 14.4. The maximum absolute atomic E-state index is 14.4. The molecule has 2 aromatic rings. The molecule has 8 nitrogen and oxygen atoms in total. The SMILES string of the molecule is CCCN1C(=O)C2CC=C3C(CC4C(=O)N(c5ccccc5)C(=O)C4(C)C3C3=COc4ccc(O)cc4C3)C2C1=O. The van der Waals surface area contributed by atoms with Crippen LogP contribution in [0.4, 0.5) is 5.69 Å². The number of imide groups is 2. The van der Waals surface area contributed by atoms with E-state index in [0.29, 0.717) is 43.7 Å². The fourth-order valence-corrected chi connectivity index (χ4v) is 8.18. The fraction of sp³-hybridized carbons (Fsp3) is 0.394. The third kappa shape index (κ3) is 3.52. The number of allylic oxidation sites excluding steroid dienone is 3. The van der Waals surface area contributed by atoms with Crippen LogP contribution >= 0.6 is 0 Å². The molecule has 41 heavy (non-hydrogen) atoms. The standard InChI is InChI=1S/C33H32N2O6/c1-3-13-34-29(37)23-11-10-22-24(27(23)31(34)39)16-25-30(38)35(20-7-5-4-6-8-20)32(40)33(25,2)28(22)19-14-18-15-21(36)9-12-26(18)41-17-19/h4-10,12,15,17,23-25,27-28,36H,3,11,13-14,16H2,1-2H3.